The molecule has 0 saturated heterocycles. The average molecular weight is 310 g/mol. The lowest BCUT2D eigenvalue weighted by atomic mass is 10.2. The van der Waals surface area contributed by atoms with Crippen molar-refractivity contribution in [3.8, 4) is 0 Å². The molecule has 108 valence electrons. The van der Waals surface area contributed by atoms with Gasteiger partial charge in [-0.25, -0.2) is 8.42 Å². The molecule has 20 heavy (non-hydrogen) atoms. The Hall–Kier alpha value is -1.21. The third-order valence-corrected chi connectivity index (χ3v) is 6.40. The zero-order chi connectivity index (χ0) is 14.6. The number of hydrogen-bond acceptors (Lipinski definition) is 4. The highest BCUT2D eigenvalue weighted by Gasteiger charge is 2.24. The number of nitrogens with two attached hydrogens (primary N) is 1. The normalized spacial score (nSPS) is 11.9. The molecule has 0 amide bonds. The number of rotatable bonds is 6. The molecule has 0 aliphatic heterocycles. The highest BCUT2D eigenvalue weighted by Crippen LogP contribution is 2.24. The summed E-state index contributed by atoms with van der Waals surface area (Å²) in [5.41, 5.74) is 7.37. The van der Waals surface area contributed by atoms with Gasteiger partial charge < -0.3 is 5.73 Å². The van der Waals surface area contributed by atoms with Crippen LogP contribution in [0.5, 0.6) is 0 Å². The molecule has 0 fully saturated rings. The molecule has 0 radical (unpaired) electrons. The Morgan fingerprint density at radius 1 is 1.20 bits per heavy atom. The van der Waals surface area contributed by atoms with Crippen LogP contribution in [-0.4, -0.2) is 19.3 Å². The van der Waals surface area contributed by atoms with Crippen molar-refractivity contribution in [2.24, 2.45) is 5.73 Å². The Morgan fingerprint density at radius 3 is 2.45 bits per heavy atom. The summed E-state index contributed by atoms with van der Waals surface area (Å²) in [7, 11) is -3.44. The molecule has 0 bridgehead atoms. The van der Waals surface area contributed by atoms with Crippen molar-refractivity contribution in [2.45, 2.75) is 24.2 Å². The lowest BCUT2D eigenvalue weighted by Crippen LogP contribution is -2.29. The minimum atomic E-state index is -3.44. The van der Waals surface area contributed by atoms with Crippen LogP contribution in [0.4, 0.5) is 0 Å². The first-order chi connectivity index (χ1) is 9.57. The lowest BCUT2D eigenvalue weighted by Gasteiger charge is -2.19. The Kier molecular flexibility index (Phi) is 4.93. The molecule has 4 nitrogen and oxygen atoms in total. The van der Waals surface area contributed by atoms with E-state index >= 15 is 0 Å². The highest BCUT2D eigenvalue weighted by molar-refractivity contribution is 7.91. The van der Waals surface area contributed by atoms with Crippen LogP contribution in [-0.2, 0) is 23.1 Å². The van der Waals surface area contributed by atoms with Gasteiger partial charge in [-0.3, -0.25) is 0 Å². The van der Waals surface area contributed by atoms with Crippen LogP contribution in [0, 0.1) is 0 Å². The predicted molar refractivity (Wildman–Crippen MR) is 81.9 cm³/mol. The fraction of sp³-hybridized carbons (Fsp3) is 0.286. The number of sulfonamides is 1. The number of nitrogens with zero attached hydrogens (tertiary/aromatic N) is 1. The molecule has 6 heteroatoms. The van der Waals surface area contributed by atoms with Crippen molar-refractivity contribution in [3.05, 3.63) is 52.9 Å². The largest absolute Gasteiger partial charge is 0.326 e. The third kappa shape index (κ3) is 3.27. The van der Waals surface area contributed by atoms with Crippen LogP contribution < -0.4 is 5.73 Å². The molecule has 0 atom stereocenters. The minimum Gasteiger partial charge on any atom is -0.326 e. The molecule has 2 N–H and O–H groups in total. The van der Waals surface area contributed by atoms with Gasteiger partial charge in [0, 0.05) is 19.6 Å². The molecule has 0 saturated carbocycles. The minimum absolute atomic E-state index is 0.357. The molecular weight excluding hydrogens is 292 g/mol. The van der Waals surface area contributed by atoms with Crippen molar-refractivity contribution in [1.29, 1.82) is 0 Å². The summed E-state index contributed by atoms with van der Waals surface area (Å²) in [6, 6.07) is 11.3. The van der Waals surface area contributed by atoms with Gasteiger partial charge in [0.05, 0.1) is 0 Å². The van der Waals surface area contributed by atoms with E-state index in [1.54, 1.807) is 11.4 Å². The van der Waals surface area contributed by atoms with Crippen LogP contribution >= 0.6 is 11.3 Å². The van der Waals surface area contributed by atoms with Crippen molar-refractivity contribution in [1.82, 2.24) is 4.31 Å². The molecule has 1 aromatic carbocycles. The van der Waals surface area contributed by atoms with Gasteiger partial charge in [0.15, 0.2) is 0 Å². The summed E-state index contributed by atoms with van der Waals surface area (Å²) in [6.45, 7) is 3.03. The molecule has 0 aliphatic carbocycles. The smallest absolute Gasteiger partial charge is 0.252 e. The zero-order valence-corrected chi connectivity index (χ0v) is 13.0. The van der Waals surface area contributed by atoms with Gasteiger partial charge in [0.25, 0.3) is 10.0 Å². The Morgan fingerprint density at radius 2 is 1.90 bits per heavy atom. The molecule has 2 aromatic rings. The summed E-state index contributed by atoms with van der Waals surface area (Å²) in [4.78, 5) is 0. The maximum absolute atomic E-state index is 12.6. The lowest BCUT2D eigenvalue weighted by molar-refractivity contribution is 0.425. The quantitative estimate of drug-likeness (QED) is 0.891. The van der Waals surface area contributed by atoms with Crippen molar-refractivity contribution >= 4 is 21.4 Å². The molecule has 0 aliphatic rings. The highest BCUT2D eigenvalue weighted by atomic mass is 32.2. The fourth-order valence-electron chi connectivity index (χ4n) is 1.88. The van der Waals surface area contributed by atoms with E-state index in [1.807, 2.05) is 37.3 Å². The number of hydrogen-bond donors (Lipinski definition) is 1. The van der Waals surface area contributed by atoms with E-state index in [-0.39, 0.29) is 0 Å². The van der Waals surface area contributed by atoms with Crippen LogP contribution in [0.3, 0.4) is 0 Å². The van der Waals surface area contributed by atoms with Gasteiger partial charge in [-0.1, -0.05) is 37.3 Å². The first-order valence-corrected chi connectivity index (χ1v) is 8.71. The standard InChI is InChI=1S/C14H18N2O2S2/c1-2-16(10-12-6-4-3-5-7-12)20(17,18)14-8-13(9-15)11-19-14/h3-8,11H,2,9-10,15H2,1H3. The van der Waals surface area contributed by atoms with Crippen LogP contribution in [0.2, 0.25) is 0 Å². The second-order valence-corrected chi connectivity index (χ2v) is 7.47. The Labute approximate surface area is 123 Å². The number of benzene rings is 1. The molecular formula is C14H18N2O2S2. The first kappa shape index (κ1) is 15.2. The molecule has 1 heterocycles. The van der Waals surface area contributed by atoms with E-state index in [0.29, 0.717) is 23.8 Å². The first-order valence-electron chi connectivity index (χ1n) is 6.39. The van der Waals surface area contributed by atoms with Crippen LogP contribution in [0.15, 0.2) is 46.0 Å². The van der Waals surface area contributed by atoms with Gasteiger partial charge in [-0.2, -0.15) is 4.31 Å². The van der Waals surface area contributed by atoms with Crippen molar-refractivity contribution in [2.75, 3.05) is 6.54 Å². The van der Waals surface area contributed by atoms with Gasteiger partial charge in [-0.15, -0.1) is 11.3 Å². The van der Waals surface area contributed by atoms with Crippen LogP contribution in [0.25, 0.3) is 0 Å². The maximum Gasteiger partial charge on any atom is 0.252 e. The van der Waals surface area contributed by atoms with Gasteiger partial charge in [-0.05, 0) is 22.6 Å². The SMILES string of the molecule is CCN(Cc1ccccc1)S(=O)(=O)c1cc(CN)cs1. The average Bonchev–Trinajstić information content (AvgIpc) is 2.95. The zero-order valence-electron chi connectivity index (χ0n) is 11.3. The van der Waals surface area contributed by atoms with Gasteiger partial charge >= 0.3 is 0 Å². The second-order valence-electron chi connectivity index (χ2n) is 4.39. The van der Waals surface area contributed by atoms with Gasteiger partial charge in [0.2, 0.25) is 0 Å². The van der Waals surface area contributed by atoms with E-state index in [4.69, 9.17) is 5.73 Å². The summed E-state index contributed by atoms with van der Waals surface area (Å²) >= 11 is 1.23. The molecule has 1 aromatic heterocycles. The molecule has 2 rings (SSSR count). The topological polar surface area (TPSA) is 63.4 Å². The summed E-state index contributed by atoms with van der Waals surface area (Å²) in [5, 5.41) is 1.79. The number of thiophene rings is 1. The van der Waals surface area contributed by atoms with E-state index in [1.165, 1.54) is 15.6 Å². The maximum atomic E-state index is 12.6. The van der Waals surface area contributed by atoms with Gasteiger partial charge in [0.1, 0.15) is 4.21 Å². The van der Waals surface area contributed by atoms with E-state index in [9.17, 15) is 8.42 Å². The second kappa shape index (κ2) is 6.49. The van der Waals surface area contributed by atoms with E-state index < -0.39 is 10.0 Å². The van der Waals surface area contributed by atoms with E-state index in [0.717, 1.165) is 11.1 Å². The summed E-state index contributed by atoms with van der Waals surface area (Å²) in [5.74, 6) is 0. The van der Waals surface area contributed by atoms with Crippen molar-refractivity contribution in [3.63, 3.8) is 0 Å². The van der Waals surface area contributed by atoms with E-state index in [2.05, 4.69) is 0 Å². The third-order valence-electron chi connectivity index (χ3n) is 3.01. The molecule has 0 spiro atoms. The summed E-state index contributed by atoms with van der Waals surface area (Å²) < 4.78 is 27.0. The Balaban J connectivity index is 2.25. The fourth-order valence-corrected chi connectivity index (χ4v) is 4.69. The Bertz CT molecular complexity index is 651. The monoisotopic (exact) mass is 310 g/mol. The predicted octanol–water partition coefficient (Wildman–Crippen LogP) is 2.42. The van der Waals surface area contributed by atoms with Crippen molar-refractivity contribution < 1.29 is 8.42 Å². The summed E-state index contributed by atoms with van der Waals surface area (Å²) in [6.07, 6.45) is 0. The van der Waals surface area contributed by atoms with Crippen LogP contribution in [0.1, 0.15) is 18.1 Å². The molecule has 0 unspecified atom stereocenters.